The van der Waals surface area contributed by atoms with Crippen LogP contribution in [0.4, 0.5) is 0 Å². The molecule has 1 aliphatic heterocycles. The smallest absolute Gasteiger partial charge is 0.121 e. The van der Waals surface area contributed by atoms with E-state index >= 15 is 0 Å². The first-order valence-electron chi connectivity index (χ1n) is 8.28. The third-order valence-electron chi connectivity index (χ3n) is 5.46. The molecule has 2 saturated carbocycles. The molecule has 4 unspecified atom stereocenters. The minimum atomic E-state index is 0.512. The summed E-state index contributed by atoms with van der Waals surface area (Å²) < 4.78 is 6.28. The van der Waals surface area contributed by atoms with E-state index in [1.54, 1.807) is 0 Å². The summed E-state index contributed by atoms with van der Waals surface area (Å²) in [6.07, 6.45) is 5.38. The zero-order valence-electron chi connectivity index (χ0n) is 12.6. The maximum absolute atomic E-state index is 6.28. The molecule has 3 aliphatic rings. The van der Waals surface area contributed by atoms with Gasteiger partial charge >= 0.3 is 0 Å². The zero-order chi connectivity index (χ0) is 13.7. The number of likely N-dealkylation sites (tertiary alicyclic amines) is 1. The Morgan fingerprint density at radius 2 is 2.00 bits per heavy atom. The highest BCUT2D eigenvalue weighted by molar-refractivity contribution is 5.21. The second kappa shape index (κ2) is 4.88. The van der Waals surface area contributed by atoms with Crippen LogP contribution in [-0.2, 0) is 0 Å². The van der Waals surface area contributed by atoms with E-state index in [-0.39, 0.29) is 0 Å². The van der Waals surface area contributed by atoms with E-state index in [1.807, 2.05) is 0 Å². The van der Waals surface area contributed by atoms with Gasteiger partial charge in [0.1, 0.15) is 11.5 Å². The van der Waals surface area contributed by atoms with Crippen LogP contribution >= 0.6 is 0 Å². The lowest BCUT2D eigenvalue weighted by molar-refractivity contribution is 0.187. The van der Waals surface area contributed by atoms with Crippen LogP contribution in [0.1, 0.15) is 56.1 Å². The Kier molecular flexibility index (Phi) is 3.15. The maximum Gasteiger partial charge on any atom is 0.121 e. The first kappa shape index (κ1) is 12.9. The van der Waals surface area contributed by atoms with E-state index in [2.05, 4.69) is 36.3 Å². The van der Waals surface area contributed by atoms with Gasteiger partial charge in [0.05, 0.1) is 6.04 Å². The lowest BCUT2D eigenvalue weighted by atomic mass is 9.98. The summed E-state index contributed by atoms with van der Waals surface area (Å²) in [5, 5.41) is 3.37. The Morgan fingerprint density at radius 3 is 2.65 bits per heavy atom. The van der Waals surface area contributed by atoms with E-state index in [0.717, 1.165) is 18.5 Å². The molecule has 3 fully saturated rings. The second-order valence-corrected chi connectivity index (χ2v) is 7.08. The first-order valence-corrected chi connectivity index (χ1v) is 8.28. The van der Waals surface area contributed by atoms with Crippen molar-refractivity contribution in [2.75, 3.05) is 20.1 Å². The summed E-state index contributed by atoms with van der Waals surface area (Å²) in [5.74, 6) is 4.69. The average Bonchev–Trinajstić information content (AvgIpc) is 3.31. The third kappa shape index (κ3) is 2.21. The predicted molar refractivity (Wildman–Crippen MR) is 79.7 cm³/mol. The van der Waals surface area contributed by atoms with Gasteiger partial charge in [-0.25, -0.2) is 0 Å². The summed E-state index contributed by atoms with van der Waals surface area (Å²) >= 11 is 0. The summed E-state index contributed by atoms with van der Waals surface area (Å²) in [6, 6.07) is 5.84. The number of hydrogen-bond donors (Lipinski definition) is 1. The fourth-order valence-electron chi connectivity index (χ4n) is 4.02. The quantitative estimate of drug-likeness (QED) is 0.894. The minimum Gasteiger partial charge on any atom is -0.464 e. The van der Waals surface area contributed by atoms with E-state index in [4.69, 9.17) is 4.42 Å². The van der Waals surface area contributed by atoms with Gasteiger partial charge in [0.15, 0.2) is 0 Å². The molecule has 0 radical (unpaired) electrons. The molecular weight excluding hydrogens is 248 g/mol. The van der Waals surface area contributed by atoms with E-state index in [9.17, 15) is 0 Å². The molecule has 2 aliphatic carbocycles. The fraction of sp³-hybridized carbons (Fsp3) is 0.765. The van der Waals surface area contributed by atoms with Gasteiger partial charge in [-0.3, -0.25) is 4.90 Å². The summed E-state index contributed by atoms with van der Waals surface area (Å²) in [7, 11) is 2.07. The Hall–Kier alpha value is -0.800. The van der Waals surface area contributed by atoms with Gasteiger partial charge in [-0.2, -0.15) is 0 Å². The van der Waals surface area contributed by atoms with Crippen LogP contribution < -0.4 is 5.32 Å². The molecule has 4 rings (SSSR count). The Labute approximate surface area is 121 Å². The number of hydrogen-bond acceptors (Lipinski definition) is 3. The van der Waals surface area contributed by atoms with Crippen molar-refractivity contribution in [2.24, 2.45) is 11.8 Å². The van der Waals surface area contributed by atoms with Crippen molar-refractivity contribution >= 4 is 0 Å². The van der Waals surface area contributed by atoms with Gasteiger partial charge in [-0.05, 0) is 69.8 Å². The van der Waals surface area contributed by atoms with E-state index in [1.165, 1.54) is 43.7 Å². The van der Waals surface area contributed by atoms with Crippen LogP contribution in [0.2, 0.25) is 0 Å². The highest BCUT2D eigenvalue weighted by Gasteiger charge is 2.44. The monoisotopic (exact) mass is 274 g/mol. The second-order valence-electron chi connectivity index (χ2n) is 7.08. The first-order chi connectivity index (χ1) is 9.78. The van der Waals surface area contributed by atoms with Crippen LogP contribution in [0, 0.1) is 11.8 Å². The number of furan rings is 1. The summed E-state index contributed by atoms with van der Waals surface area (Å²) in [4.78, 5) is 2.71. The van der Waals surface area contributed by atoms with Crippen molar-refractivity contribution in [2.45, 2.75) is 50.6 Å². The normalized spacial score (nSPS) is 37.5. The highest BCUT2D eigenvalue weighted by atomic mass is 16.3. The van der Waals surface area contributed by atoms with Gasteiger partial charge in [0.2, 0.25) is 0 Å². The fourth-order valence-corrected chi connectivity index (χ4v) is 4.02. The van der Waals surface area contributed by atoms with Crippen molar-refractivity contribution < 1.29 is 4.42 Å². The molecule has 0 amide bonds. The number of nitrogens with one attached hydrogen (secondary N) is 1. The van der Waals surface area contributed by atoms with Gasteiger partial charge in [0, 0.05) is 12.0 Å². The standard InChI is InChI=1S/C17H26N2O/c1-11-9-14(11)15-5-6-16(20-15)17-12(10-18-2)7-8-19(17)13-3-4-13/h5-6,11-14,17-18H,3-4,7-10H2,1-2H3. The predicted octanol–water partition coefficient (Wildman–Crippen LogP) is 3.15. The molecule has 1 N–H and O–H groups in total. The van der Waals surface area contributed by atoms with Crippen LogP contribution in [0.3, 0.4) is 0 Å². The van der Waals surface area contributed by atoms with Crippen LogP contribution in [0.15, 0.2) is 16.5 Å². The molecule has 110 valence electrons. The van der Waals surface area contributed by atoms with E-state index < -0.39 is 0 Å². The molecule has 0 spiro atoms. The van der Waals surface area contributed by atoms with Crippen molar-refractivity contribution in [1.29, 1.82) is 0 Å². The molecule has 20 heavy (non-hydrogen) atoms. The average molecular weight is 274 g/mol. The lowest BCUT2D eigenvalue weighted by Crippen LogP contribution is -2.30. The molecule has 1 saturated heterocycles. The van der Waals surface area contributed by atoms with Crippen molar-refractivity contribution in [1.82, 2.24) is 10.2 Å². The molecule has 2 heterocycles. The van der Waals surface area contributed by atoms with Gasteiger partial charge in [0.25, 0.3) is 0 Å². The number of nitrogens with zero attached hydrogens (tertiary/aromatic N) is 1. The van der Waals surface area contributed by atoms with Gasteiger partial charge < -0.3 is 9.73 Å². The Balaban J connectivity index is 1.57. The SMILES string of the molecule is CNCC1CCN(C2CC2)C1c1ccc(C2CC2C)o1. The molecule has 3 nitrogen and oxygen atoms in total. The minimum absolute atomic E-state index is 0.512. The molecule has 0 aromatic carbocycles. The Morgan fingerprint density at radius 1 is 1.25 bits per heavy atom. The molecule has 1 aromatic heterocycles. The molecule has 4 atom stereocenters. The van der Waals surface area contributed by atoms with E-state index in [0.29, 0.717) is 17.9 Å². The topological polar surface area (TPSA) is 28.4 Å². The van der Waals surface area contributed by atoms with Gasteiger partial charge in [-0.1, -0.05) is 6.92 Å². The lowest BCUT2D eigenvalue weighted by Gasteiger charge is -2.26. The zero-order valence-corrected chi connectivity index (χ0v) is 12.6. The van der Waals surface area contributed by atoms with Crippen LogP contribution in [0.5, 0.6) is 0 Å². The van der Waals surface area contributed by atoms with Gasteiger partial charge in [-0.15, -0.1) is 0 Å². The Bertz CT molecular complexity index is 479. The molecule has 3 heteroatoms. The molecular formula is C17H26N2O. The van der Waals surface area contributed by atoms with Crippen LogP contribution in [0.25, 0.3) is 0 Å². The largest absolute Gasteiger partial charge is 0.464 e. The third-order valence-corrected chi connectivity index (χ3v) is 5.46. The van der Waals surface area contributed by atoms with Crippen molar-refractivity contribution in [3.8, 4) is 0 Å². The number of rotatable bonds is 5. The summed E-state index contributed by atoms with van der Waals surface area (Å²) in [5.41, 5.74) is 0. The molecule has 0 bridgehead atoms. The van der Waals surface area contributed by atoms with Crippen molar-refractivity contribution in [3.63, 3.8) is 0 Å². The maximum atomic E-state index is 6.28. The van der Waals surface area contributed by atoms with Crippen molar-refractivity contribution in [3.05, 3.63) is 23.7 Å². The summed E-state index contributed by atoms with van der Waals surface area (Å²) in [6.45, 7) is 4.67. The van der Waals surface area contributed by atoms with Crippen LogP contribution in [-0.4, -0.2) is 31.1 Å². The highest BCUT2D eigenvalue weighted by Crippen LogP contribution is 2.49. The molecule has 1 aromatic rings.